The van der Waals surface area contributed by atoms with Crippen LogP contribution in [0, 0.1) is 29.0 Å². The van der Waals surface area contributed by atoms with Crippen LogP contribution in [0.4, 0.5) is 4.39 Å². The maximum atomic E-state index is 13.8. The fraction of sp³-hybridized carbons (Fsp3) is 0.588. The highest BCUT2D eigenvalue weighted by atomic mass is 35.5. The average Bonchev–Trinajstić information content (AvgIpc) is 2.47. The molecule has 120 valence electrons. The van der Waals surface area contributed by atoms with Gasteiger partial charge in [-0.15, -0.1) is 0 Å². The van der Waals surface area contributed by atoms with E-state index in [0.29, 0.717) is 23.9 Å². The Bertz CT molecular complexity index is 615. The predicted molar refractivity (Wildman–Crippen MR) is 83.5 cm³/mol. The predicted octanol–water partition coefficient (Wildman–Crippen LogP) is 4.03. The van der Waals surface area contributed by atoms with Crippen molar-refractivity contribution in [2.24, 2.45) is 28.9 Å². The zero-order valence-electron chi connectivity index (χ0n) is 12.9. The Morgan fingerprint density at radius 3 is 2.77 bits per heavy atom. The zero-order chi connectivity index (χ0) is 16.1. The number of rotatable bonds is 4. The number of primary amides is 1. The molecule has 3 aliphatic rings. The van der Waals surface area contributed by atoms with Crippen LogP contribution in [-0.2, 0) is 0 Å². The molecule has 0 radical (unpaired) electrons. The molecule has 1 aromatic rings. The van der Waals surface area contributed by atoms with Gasteiger partial charge in [0.15, 0.2) is 0 Å². The third kappa shape index (κ3) is 2.47. The minimum Gasteiger partial charge on any atom is -0.492 e. The third-order valence-electron chi connectivity index (χ3n) is 5.74. The molecule has 0 saturated heterocycles. The van der Waals surface area contributed by atoms with Gasteiger partial charge in [0.1, 0.15) is 11.6 Å². The van der Waals surface area contributed by atoms with Gasteiger partial charge in [-0.2, -0.15) is 0 Å². The molecule has 4 rings (SSSR count). The molecule has 1 aromatic carbocycles. The van der Waals surface area contributed by atoms with E-state index in [9.17, 15) is 9.18 Å². The van der Waals surface area contributed by atoms with Crippen LogP contribution in [0.3, 0.4) is 0 Å². The molecule has 0 heterocycles. The number of halogens is 2. The van der Waals surface area contributed by atoms with Crippen LogP contribution in [0.1, 0.15) is 43.5 Å². The van der Waals surface area contributed by atoms with Crippen molar-refractivity contribution in [2.75, 3.05) is 6.61 Å². The standard InChI is InChI=1S/C17H21ClFNO2/c1-17(2)10-4-3-9(12(17)5-10)8-22-15-7-14(19)11(16(20)21)6-13(15)18/h6-7,9-10,12H,3-5,8H2,1-2H3,(H2,20,21)/t9-,10+,12+/m0/s1. The van der Waals surface area contributed by atoms with Gasteiger partial charge < -0.3 is 10.5 Å². The largest absolute Gasteiger partial charge is 0.492 e. The highest BCUT2D eigenvalue weighted by molar-refractivity contribution is 6.32. The first-order valence-electron chi connectivity index (χ1n) is 7.72. The summed E-state index contributed by atoms with van der Waals surface area (Å²) >= 11 is 6.07. The van der Waals surface area contributed by atoms with Crippen molar-refractivity contribution >= 4 is 17.5 Å². The number of nitrogens with two attached hydrogens (primary N) is 1. The van der Waals surface area contributed by atoms with E-state index in [1.165, 1.54) is 18.9 Å². The van der Waals surface area contributed by atoms with Gasteiger partial charge >= 0.3 is 0 Å². The second-order valence-electron chi connectivity index (χ2n) is 7.14. The minimum absolute atomic E-state index is 0.210. The highest BCUT2D eigenvalue weighted by Gasteiger charge is 2.54. The Hall–Kier alpha value is -1.29. The first-order valence-corrected chi connectivity index (χ1v) is 8.10. The van der Waals surface area contributed by atoms with Crippen LogP contribution < -0.4 is 10.5 Å². The number of ether oxygens (including phenoxy) is 1. The lowest BCUT2D eigenvalue weighted by molar-refractivity contribution is -0.114. The van der Waals surface area contributed by atoms with E-state index in [4.69, 9.17) is 22.1 Å². The number of carbonyl (C=O) groups is 1. The normalized spacial score (nSPS) is 28.8. The molecule has 2 bridgehead atoms. The number of amides is 1. The Morgan fingerprint density at radius 2 is 2.18 bits per heavy atom. The smallest absolute Gasteiger partial charge is 0.251 e. The molecular weight excluding hydrogens is 305 g/mol. The van der Waals surface area contributed by atoms with Gasteiger partial charge in [-0.25, -0.2) is 4.39 Å². The van der Waals surface area contributed by atoms with Gasteiger partial charge in [0, 0.05) is 6.07 Å². The monoisotopic (exact) mass is 325 g/mol. The van der Waals surface area contributed by atoms with Gasteiger partial charge in [-0.1, -0.05) is 25.4 Å². The maximum absolute atomic E-state index is 13.8. The molecule has 1 amide bonds. The maximum Gasteiger partial charge on any atom is 0.251 e. The highest BCUT2D eigenvalue weighted by Crippen LogP contribution is 2.61. The van der Waals surface area contributed by atoms with Gasteiger partial charge in [-0.05, 0) is 48.5 Å². The third-order valence-corrected chi connectivity index (χ3v) is 6.04. The second kappa shape index (κ2) is 5.41. The van der Waals surface area contributed by atoms with Gasteiger partial charge in [0.25, 0.3) is 5.91 Å². The lowest BCUT2D eigenvalue weighted by atomic mass is 9.46. The fourth-order valence-corrected chi connectivity index (χ4v) is 4.41. The Kier molecular flexibility index (Phi) is 3.84. The summed E-state index contributed by atoms with van der Waals surface area (Å²) in [6.07, 6.45) is 3.65. The average molecular weight is 326 g/mol. The van der Waals surface area contributed by atoms with E-state index >= 15 is 0 Å². The fourth-order valence-electron chi connectivity index (χ4n) is 4.19. The van der Waals surface area contributed by atoms with Crippen LogP contribution in [0.15, 0.2) is 12.1 Å². The molecule has 3 aliphatic carbocycles. The molecule has 3 saturated carbocycles. The molecule has 3 fully saturated rings. The molecule has 3 nitrogen and oxygen atoms in total. The molecule has 0 unspecified atom stereocenters. The van der Waals surface area contributed by atoms with Crippen molar-refractivity contribution in [2.45, 2.75) is 33.1 Å². The number of hydrogen-bond donors (Lipinski definition) is 1. The van der Waals surface area contributed by atoms with Crippen LogP contribution in [0.25, 0.3) is 0 Å². The van der Waals surface area contributed by atoms with E-state index in [-0.39, 0.29) is 16.3 Å². The van der Waals surface area contributed by atoms with Gasteiger partial charge in [0.2, 0.25) is 0 Å². The Morgan fingerprint density at radius 1 is 1.45 bits per heavy atom. The van der Waals surface area contributed by atoms with E-state index in [1.807, 2.05) is 0 Å². The summed E-state index contributed by atoms with van der Waals surface area (Å²) in [5.74, 6) is 0.739. The summed E-state index contributed by atoms with van der Waals surface area (Å²) in [5, 5.41) is 0.219. The lowest BCUT2D eigenvalue weighted by Crippen LogP contribution is -2.53. The zero-order valence-corrected chi connectivity index (χ0v) is 13.6. The van der Waals surface area contributed by atoms with E-state index in [1.54, 1.807) is 0 Å². The molecule has 5 heteroatoms. The molecule has 2 N–H and O–H groups in total. The summed E-state index contributed by atoms with van der Waals surface area (Å²) in [6, 6.07) is 2.39. The van der Waals surface area contributed by atoms with E-state index < -0.39 is 11.7 Å². The summed E-state index contributed by atoms with van der Waals surface area (Å²) in [4.78, 5) is 11.1. The minimum atomic E-state index is -0.833. The molecule has 0 aromatic heterocycles. The molecular formula is C17H21ClFNO2. The molecule has 0 aliphatic heterocycles. The SMILES string of the molecule is CC1(C)[C@@H]2CC[C@@H](COc3cc(F)c(C(N)=O)cc3Cl)[C@H]1C2. The first-order chi connectivity index (χ1) is 10.3. The summed E-state index contributed by atoms with van der Waals surface area (Å²) < 4.78 is 19.6. The number of hydrogen-bond acceptors (Lipinski definition) is 2. The van der Waals surface area contributed by atoms with E-state index in [0.717, 1.165) is 18.4 Å². The quantitative estimate of drug-likeness (QED) is 0.908. The number of carbonyl (C=O) groups excluding carboxylic acids is 1. The van der Waals surface area contributed by atoms with Crippen molar-refractivity contribution in [1.29, 1.82) is 0 Å². The van der Waals surface area contributed by atoms with Crippen molar-refractivity contribution in [3.8, 4) is 5.75 Å². The van der Waals surface area contributed by atoms with Crippen LogP contribution in [-0.4, -0.2) is 12.5 Å². The number of fused-ring (bicyclic) bond motifs is 2. The van der Waals surface area contributed by atoms with Crippen molar-refractivity contribution < 1.29 is 13.9 Å². The van der Waals surface area contributed by atoms with Crippen LogP contribution in [0.5, 0.6) is 5.75 Å². The van der Waals surface area contributed by atoms with Crippen LogP contribution >= 0.6 is 11.6 Å². The Labute approximate surface area is 135 Å². The number of benzene rings is 1. The summed E-state index contributed by atoms with van der Waals surface area (Å²) in [7, 11) is 0. The van der Waals surface area contributed by atoms with Gasteiger partial charge in [-0.3, -0.25) is 4.79 Å². The van der Waals surface area contributed by atoms with Crippen molar-refractivity contribution in [1.82, 2.24) is 0 Å². The van der Waals surface area contributed by atoms with Crippen LogP contribution in [0.2, 0.25) is 5.02 Å². The molecule has 0 spiro atoms. The molecule has 3 atom stereocenters. The second-order valence-corrected chi connectivity index (χ2v) is 7.54. The topological polar surface area (TPSA) is 52.3 Å². The van der Waals surface area contributed by atoms with Crippen molar-refractivity contribution in [3.63, 3.8) is 0 Å². The lowest BCUT2D eigenvalue weighted by Gasteiger charge is -2.60. The van der Waals surface area contributed by atoms with Crippen molar-refractivity contribution in [3.05, 3.63) is 28.5 Å². The first kappa shape index (κ1) is 15.6. The van der Waals surface area contributed by atoms with Gasteiger partial charge in [0.05, 0.1) is 17.2 Å². The summed E-state index contributed by atoms with van der Waals surface area (Å²) in [6.45, 7) is 5.19. The molecule has 22 heavy (non-hydrogen) atoms. The van der Waals surface area contributed by atoms with E-state index in [2.05, 4.69) is 13.8 Å². The Balaban J connectivity index is 1.69. The summed E-state index contributed by atoms with van der Waals surface area (Å²) in [5.41, 5.74) is 5.28.